The topological polar surface area (TPSA) is 75.7 Å². The molecule has 0 fully saturated rings. The monoisotopic (exact) mass is 416 g/mol. The summed E-state index contributed by atoms with van der Waals surface area (Å²) in [4.78, 5) is 12.9. The van der Waals surface area contributed by atoms with E-state index in [4.69, 9.17) is 4.74 Å². The molecular formula is C22H28N2O4S. The summed E-state index contributed by atoms with van der Waals surface area (Å²) in [6.45, 7) is 7.59. The molecule has 0 saturated heterocycles. The van der Waals surface area contributed by atoms with Crippen molar-refractivity contribution in [2.75, 3.05) is 17.1 Å². The third kappa shape index (κ3) is 5.09. The molecule has 0 spiro atoms. The fourth-order valence-electron chi connectivity index (χ4n) is 3.58. The molecule has 1 aliphatic heterocycles. The summed E-state index contributed by atoms with van der Waals surface area (Å²) in [5.74, 6) is 0.391. The smallest absolute Gasteiger partial charge is 0.241 e. The molecule has 1 amide bonds. The summed E-state index contributed by atoms with van der Waals surface area (Å²) in [5.41, 5.74) is 3.04. The number of carbonyl (C=O) groups excluding carboxylic acids is 1. The van der Waals surface area contributed by atoms with Gasteiger partial charge in [0.15, 0.2) is 0 Å². The van der Waals surface area contributed by atoms with Crippen molar-refractivity contribution in [3.05, 3.63) is 59.2 Å². The fraction of sp³-hybridized carbons (Fsp3) is 0.409. The summed E-state index contributed by atoms with van der Waals surface area (Å²) in [6, 6.07) is 12.7. The highest BCUT2D eigenvalue weighted by Crippen LogP contribution is 2.39. The first-order chi connectivity index (χ1) is 13.4. The largest absolute Gasteiger partial charge is 0.487 e. The van der Waals surface area contributed by atoms with E-state index >= 15 is 0 Å². The van der Waals surface area contributed by atoms with Crippen LogP contribution in [0.2, 0.25) is 0 Å². The first-order valence-electron chi connectivity index (χ1n) is 9.58. The van der Waals surface area contributed by atoms with Crippen LogP contribution in [0.4, 0.5) is 5.69 Å². The van der Waals surface area contributed by atoms with Crippen molar-refractivity contribution in [3.63, 3.8) is 0 Å². The van der Waals surface area contributed by atoms with Gasteiger partial charge in [-0.3, -0.25) is 9.10 Å². The summed E-state index contributed by atoms with van der Waals surface area (Å²) < 4.78 is 31.8. The Hall–Kier alpha value is -2.54. The second-order valence-corrected chi connectivity index (χ2v) is 10.2. The predicted molar refractivity (Wildman–Crippen MR) is 115 cm³/mol. The average molecular weight is 417 g/mol. The van der Waals surface area contributed by atoms with Crippen molar-refractivity contribution in [3.8, 4) is 5.75 Å². The number of hydrogen-bond acceptors (Lipinski definition) is 4. The van der Waals surface area contributed by atoms with Gasteiger partial charge in [-0.2, -0.15) is 0 Å². The Morgan fingerprint density at radius 2 is 1.76 bits per heavy atom. The minimum Gasteiger partial charge on any atom is -0.487 e. The Morgan fingerprint density at radius 1 is 1.14 bits per heavy atom. The van der Waals surface area contributed by atoms with Gasteiger partial charge in [0.25, 0.3) is 0 Å². The van der Waals surface area contributed by atoms with Crippen molar-refractivity contribution in [2.24, 2.45) is 0 Å². The van der Waals surface area contributed by atoms with E-state index in [9.17, 15) is 13.2 Å². The highest BCUT2D eigenvalue weighted by Gasteiger charge is 2.35. The molecule has 2 aromatic carbocycles. The van der Waals surface area contributed by atoms with Gasteiger partial charge in [-0.1, -0.05) is 35.4 Å². The average Bonchev–Trinajstić information content (AvgIpc) is 2.60. The highest BCUT2D eigenvalue weighted by molar-refractivity contribution is 7.92. The number of fused-ring (bicyclic) bond motifs is 1. The van der Waals surface area contributed by atoms with E-state index in [1.807, 2.05) is 58.0 Å². The SMILES string of the molecule is Cc1ccc(N(CC(=O)N[C@@H]2CC(C)(C)Oc3ccc(C)cc32)S(C)(=O)=O)cc1. The van der Waals surface area contributed by atoms with E-state index in [2.05, 4.69) is 5.32 Å². The van der Waals surface area contributed by atoms with Gasteiger partial charge in [-0.25, -0.2) is 8.42 Å². The molecule has 3 rings (SSSR count). The number of nitrogens with zero attached hydrogens (tertiary/aromatic N) is 1. The molecule has 29 heavy (non-hydrogen) atoms. The molecule has 0 bridgehead atoms. The van der Waals surface area contributed by atoms with E-state index < -0.39 is 15.6 Å². The molecule has 1 N–H and O–H groups in total. The van der Waals surface area contributed by atoms with E-state index in [0.29, 0.717) is 12.1 Å². The number of anilines is 1. The Bertz CT molecular complexity index is 1010. The first-order valence-corrected chi connectivity index (χ1v) is 11.4. The molecule has 7 heteroatoms. The van der Waals surface area contributed by atoms with Crippen LogP contribution < -0.4 is 14.4 Å². The van der Waals surface area contributed by atoms with Crippen molar-refractivity contribution < 1.29 is 17.9 Å². The minimum atomic E-state index is -3.61. The molecule has 0 aromatic heterocycles. The van der Waals surface area contributed by atoms with Crippen LogP contribution in [0.3, 0.4) is 0 Å². The second kappa shape index (κ2) is 7.71. The van der Waals surface area contributed by atoms with E-state index in [1.54, 1.807) is 12.1 Å². The van der Waals surface area contributed by atoms with Crippen molar-refractivity contribution in [1.29, 1.82) is 0 Å². The lowest BCUT2D eigenvalue weighted by Crippen LogP contribution is -2.45. The highest BCUT2D eigenvalue weighted by atomic mass is 32.2. The summed E-state index contributed by atoms with van der Waals surface area (Å²) in [5, 5.41) is 3.02. The zero-order valence-corrected chi connectivity index (χ0v) is 18.3. The number of benzene rings is 2. The summed E-state index contributed by atoms with van der Waals surface area (Å²) in [6.07, 6.45) is 1.70. The molecule has 0 unspecified atom stereocenters. The number of nitrogens with one attached hydrogen (secondary N) is 1. The van der Waals surface area contributed by atoms with E-state index in [0.717, 1.165) is 33.0 Å². The number of rotatable bonds is 5. The zero-order valence-electron chi connectivity index (χ0n) is 17.5. The predicted octanol–water partition coefficient (Wildman–Crippen LogP) is 3.49. The van der Waals surface area contributed by atoms with Crippen LogP contribution in [0, 0.1) is 13.8 Å². The molecule has 1 atom stereocenters. The third-order valence-corrected chi connectivity index (χ3v) is 6.11. The Labute approximate surface area is 172 Å². The van der Waals surface area contributed by atoms with Crippen molar-refractivity contribution >= 4 is 21.6 Å². The van der Waals surface area contributed by atoms with Crippen LogP contribution in [-0.2, 0) is 14.8 Å². The fourth-order valence-corrected chi connectivity index (χ4v) is 4.44. The van der Waals surface area contributed by atoms with Crippen LogP contribution in [0.1, 0.15) is 43.0 Å². The first kappa shape index (κ1) is 21.2. The van der Waals surface area contributed by atoms with Gasteiger partial charge in [0.2, 0.25) is 15.9 Å². The molecule has 1 heterocycles. The number of aryl methyl sites for hydroxylation is 2. The second-order valence-electron chi connectivity index (χ2n) is 8.33. The Balaban J connectivity index is 1.83. The van der Waals surface area contributed by atoms with E-state index in [1.165, 1.54) is 0 Å². The van der Waals surface area contributed by atoms with Gasteiger partial charge in [0, 0.05) is 12.0 Å². The minimum absolute atomic E-state index is 0.249. The van der Waals surface area contributed by atoms with Crippen molar-refractivity contribution in [1.82, 2.24) is 5.32 Å². The van der Waals surface area contributed by atoms with Gasteiger partial charge < -0.3 is 10.1 Å². The van der Waals surface area contributed by atoms with Gasteiger partial charge >= 0.3 is 0 Å². The number of carbonyl (C=O) groups is 1. The number of amides is 1. The molecule has 6 nitrogen and oxygen atoms in total. The summed E-state index contributed by atoms with van der Waals surface area (Å²) in [7, 11) is -3.61. The third-order valence-electron chi connectivity index (χ3n) is 4.97. The maximum absolute atomic E-state index is 12.9. The lowest BCUT2D eigenvalue weighted by Gasteiger charge is -2.38. The zero-order chi connectivity index (χ0) is 21.4. The Morgan fingerprint density at radius 3 is 2.38 bits per heavy atom. The summed E-state index contributed by atoms with van der Waals surface area (Å²) >= 11 is 0. The maximum Gasteiger partial charge on any atom is 0.241 e. The van der Waals surface area contributed by atoms with Crippen LogP contribution >= 0.6 is 0 Å². The molecule has 0 radical (unpaired) electrons. The lowest BCUT2D eigenvalue weighted by atomic mass is 9.89. The molecule has 156 valence electrons. The molecule has 0 aliphatic carbocycles. The lowest BCUT2D eigenvalue weighted by molar-refractivity contribution is -0.120. The number of sulfonamides is 1. The van der Waals surface area contributed by atoms with Gasteiger partial charge in [-0.15, -0.1) is 0 Å². The van der Waals surface area contributed by atoms with Crippen molar-refractivity contribution in [2.45, 2.75) is 45.8 Å². The molecule has 2 aromatic rings. The molecule has 1 aliphatic rings. The van der Waals surface area contributed by atoms with Crippen LogP contribution in [0.15, 0.2) is 42.5 Å². The quantitative estimate of drug-likeness (QED) is 0.810. The van der Waals surface area contributed by atoms with Crippen LogP contribution in [0.5, 0.6) is 5.75 Å². The van der Waals surface area contributed by atoms with Gasteiger partial charge in [0.05, 0.1) is 18.0 Å². The van der Waals surface area contributed by atoms with Gasteiger partial charge in [-0.05, 0) is 45.9 Å². The van der Waals surface area contributed by atoms with Crippen LogP contribution in [0.25, 0.3) is 0 Å². The number of ether oxygens (including phenoxy) is 1. The molecular weight excluding hydrogens is 388 g/mol. The van der Waals surface area contributed by atoms with Gasteiger partial charge in [0.1, 0.15) is 17.9 Å². The maximum atomic E-state index is 12.9. The van der Waals surface area contributed by atoms with E-state index in [-0.39, 0.29) is 18.5 Å². The standard InChI is InChI=1S/C22H28N2O4S/c1-15-6-9-17(10-7-15)24(29(5,26)27)14-21(25)23-19-13-22(3,4)28-20-11-8-16(2)12-18(19)20/h6-12,19H,13-14H2,1-5H3,(H,23,25)/t19-/m1/s1. The number of hydrogen-bond donors (Lipinski definition) is 1. The van der Waals surface area contributed by atoms with Crippen LogP contribution in [-0.4, -0.2) is 32.7 Å². The molecule has 0 saturated carbocycles. The Kier molecular flexibility index (Phi) is 5.63. The normalized spacial score (nSPS) is 17.8.